The minimum atomic E-state index is -0.311. The molecular formula is C20H24N4O3S. The van der Waals surface area contributed by atoms with Gasteiger partial charge in [0.25, 0.3) is 5.91 Å². The second-order valence-electron chi connectivity index (χ2n) is 6.51. The van der Waals surface area contributed by atoms with Crippen molar-refractivity contribution in [2.45, 2.75) is 37.4 Å². The van der Waals surface area contributed by atoms with Gasteiger partial charge in [0, 0.05) is 19.9 Å². The predicted molar refractivity (Wildman–Crippen MR) is 107 cm³/mol. The van der Waals surface area contributed by atoms with Crippen molar-refractivity contribution in [2.24, 2.45) is 7.05 Å². The molecule has 1 amide bonds. The average molecular weight is 401 g/mol. The Labute approximate surface area is 168 Å². The molecule has 0 radical (unpaired) electrons. The molecule has 0 aliphatic rings. The summed E-state index contributed by atoms with van der Waals surface area (Å²) in [7, 11) is 3.48. The number of nitrogens with one attached hydrogen (secondary N) is 1. The number of methoxy groups -OCH3 is 1. The molecule has 8 heteroatoms. The van der Waals surface area contributed by atoms with Crippen LogP contribution in [0.15, 0.2) is 46.0 Å². The number of furan rings is 1. The summed E-state index contributed by atoms with van der Waals surface area (Å²) in [5.74, 6) is 2.05. The van der Waals surface area contributed by atoms with Crippen LogP contribution in [0.3, 0.4) is 0 Å². The number of benzene rings is 1. The summed E-state index contributed by atoms with van der Waals surface area (Å²) in [6.45, 7) is 4.30. The van der Waals surface area contributed by atoms with Crippen molar-refractivity contribution < 1.29 is 13.9 Å². The van der Waals surface area contributed by atoms with Crippen LogP contribution in [0, 0.1) is 6.92 Å². The number of aryl methyl sites for hydroxylation is 1. The molecule has 0 saturated carbocycles. The van der Waals surface area contributed by atoms with E-state index in [4.69, 9.17) is 9.15 Å². The van der Waals surface area contributed by atoms with Gasteiger partial charge in [0.2, 0.25) is 0 Å². The number of carbonyl (C=O) groups is 1. The molecule has 3 aromatic rings. The Morgan fingerprint density at radius 1 is 1.29 bits per heavy atom. The maximum Gasteiger partial charge on any atom is 0.287 e. The topological polar surface area (TPSA) is 82.2 Å². The fourth-order valence-electron chi connectivity index (χ4n) is 2.80. The van der Waals surface area contributed by atoms with Gasteiger partial charge in [-0.2, -0.15) is 0 Å². The Morgan fingerprint density at radius 3 is 2.82 bits per heavy atom. The van der Waals surface area contributed by atoms with Gasteiger partial charge < -0.3 is 19.0 Å². The third-order valence-electron chi connectivity index (χ3n) is 4.39. The third kappa shape index (κ3) is 4.63. The summed E-state index contributed by atoms with van der Waals surface area (Å²) in [5.41, 5.74) is 2.52. The third-order valence-corrected chi connectivity index (χ3v) is 5.46. The number of nitrogens with zero attached hydrogens (tertiary/aromatic N) is 3. The van der Waals surface area contributed by atoms with E-state index in [2.05, 4.69) is 34.6 Å². The summed E-state index contributed by atoms with van der Waals surface area (Å²) in [5, 5.41) is 12.2. The first-order valence-electron chi connectivity index (χ1n) is 8.94. The molecule has 1 N–H and O–H groups in total. The van der Waals surface area contributed by atoms with E-state index in [1.54, 1.807) is 31.0 Å². The van der Waals surface area contributed by atoms with Crippen LogP contribution in [-0.4, -0.2) is 27.8 Å². The van der Waals surface area contributed by atoms with Crippen LogP contribution in [0.1, 0.15) is 46.2 Å². The predicted octanol–water partition coefficient (Wildman–Crippen LogP) is 3.65. The maximum absolute atomic E-state index is 12.4. The zero-order valence-corrected chi connectivity index (χ0v) is 17.2. The first-order valence-corrected chi connectivity index (χ1v) is 9.93. The molecule has 0 aliphatic carbocycles. The van der Waals surface area contributed by atoms with E-state index in [0.717, 1.165) is 10.9 Å². The average Bonchev–Trinajstić information content (AvgIpc) is 3.28. The van der Waals surface area contributed by atoms with Crippen LogP contribution < -0.4 is 5.32 Å². The van der Waals surface area contributed by atoms with Crippen molar-refractivity contribution >= 4 is 17.7 Å². The standard InChI is InChI=1S/C20H24N4O3S/c1-13-7-5-6-8-15(13)12-28-20-23-22-18(24(20)3)14(2)21-19(25)17-10-9-16(27-17)11-26-4/h5-10,14H,11-12H2,1-4H3,(H,21,25). The van der Waals surface area contributed by atoms with E-state index in [-0.39, 0.29) is 17.7 Å². The molecular weight excluding hydrogens is 376 g/mol. The fraction of sp³-hybridized carbons (Fsp3) is 0.350. The lowest BCUT2D eigenvalue weighted by Crippen LogP contribution is -2.28. The van der Waals surface area contributed by atoms with E-state index in [0.29, 0.717) is 18.2 Å². The van der Waals surface area contributed by atoms with Crippen LogP contribution in [0.5, 0.6) is 0 Å². The van der Waals surface area contributed by atoms with Gasteiger partial charge in [0.15, 0.2) is 16.7 Å². The number of ether oxygens (including phenoxy) is 1. The number of thioether (sulfide) groups is 1. The second-order valence-corrected chi connectivity index (χ2v) is 7.45. The molecule has 0 fully saturated rings. The Kier molecular flexibility index (Phi) is 6.53. The van der Waals surface area contributed by atoms with E-state index in [1.807, 2.05) is 30.7 Å². The first-order chi connectivity index (χ1) is 13.5. The molecule has 0 bridgehead atoms. The van der Waals surface area contributed by atoms with Crippen LogP contribution in [0.2, 0.25) is 0 Å². The van der Waals surface area contributed by atoms with Crippen molar-refractivity contribution in [1.29, 1.82) is 0 Å². The minimum Gasteiger partial charge on any atom is -0.453 e. The zero-order valence-electron chi connectivity index (χ0n) is 16.4. The quantitative estimate of drug-likeness (QED) is 0.581. The maximum atomic E-state index is 12.4. The van der Waals surface area contributed by atoms with Gasteiger partial charge in [-0.1, -0.05) is 36.0 Å². The van der Waals surface area contributed by atoms with E-state index in [1.165, 1.54) is 11.1 Å². The van der Waals surface area contributed by atoms with Gasteiger partial charge in [0.1, 0.15) is 12.4 Å². The van der Waals surface area contributed by atoms with Crippen molar-refractivity contribution in [3.63, 3.8) is 0 Å². The van der Waals surface area contributed by atoms with Gasteiger partial charge in [-0.3, -0.25) is 4.79 Å². The molecule has 0 aliphatic heterocycles. The van der Waals surface area contributed by atoms with E-state index in [9.17, 15) is 4.79 Å². The molecule has 28 heavy (non-hydrogen) atoms. The fourth-order valence-corrected chi connectivity index (χ4v) is 3.79. The number of hydrogen-bond donors (Lipinski definition) is 1. The summed E-state index contributed by atoms with van der Waals surface area (Å²) < 4.78 is 12.4. The summed E-state index contributed by atoms with van der Waals surface area (Å²) >= 11 is 1.62. The normalized spacial score (nSPS) is 12.1. The van der Waals surface area contributed by atoms with Crippen molar-refractivity contribution in [3.05, 3.63) is 64.9 Å². The van der Waals surface area contributed by atoms with Crippen LogP contribution in [0.4, 0.5) is 0 Å². The van der Waals surface area contributed by atoms with Gasteiger partial charge in [-0.05, 0) is 37.1 Å². The number of rotatable bonds is 8. The molecule has 1 atom stereocenters. The summed E-state index contributed by atoms with van der Waals surface area (Å²) in [4.78, 5) is 12.4. The number of aromatic nitrogens is 3. The largest absolute Gasteiger partial charge is 0.453 e. The molecule has 1 aromatic carbocycles. The Hall–Kier alpha value is -2.58. The molecule has 2 aromatic heterocycles. The highest BCUT2D eigenvalue weighted by atomic mass is 32.2. The van der Waals surface area contributed by atoms with Gasteiger partial charge in [-0.25, -0.2) is 0 Å². The number of amides is 1. The Bertz CT molecular complexity index is 951. The second kappa shape index (κ2) is 9.07. The van der Waals surface area contributed by atoms with Gasteiger partial charge >= 0.3 is 0 Å². The monoisotopic (exact) mass is 400 g/mol. The lowest BCUT2D eigenvalue weighted by Gasteiger charge is -2.12. The molecule has 1 unspecified atom stereocenters. The van der Waals surface area contributed by atoms with Crippen LogP contribution >= 0.6 is 11.8 Å². The zero-order chi connectivity index (χ0) is 20.1. The molecule has 148 valence electrons. The molecule has 7 nitrogen and oxygen atoms in total. The van der Waals surface area contributed by atoms with E-state index >= 15 is 0 Å². The Balaban J connectivity index is 1.63. The smallest absolute Gasteiger partial charge is 0.287 e. The van der Waals surface area contributed by atoms with Crippen molar-refractivity contribution in [3.8, 4) is 0 Å². The molecule has 0 spiro atoms. The summed E-state index contributed by atoms with van der Waals surface area (Å²) in [6.07, 6.45) is 0. The summed E-state index contributed by atoms with van der Waals surface area (Å²) in [6, 6.07) is 11.3. The minimum absolute atomic E-state index is 0.246. The number of carbonyl (C=O) groups excluding carboxylic acids is 1. The Morgan fingerprint density at radius 2 is 2.07 bits per heavy atom. The highest BCUT2D eigenvalue weighted by Gasteiger charge is 2.20. The first kappa shape index (κ1) is 20.2. The lowest BCUT2D eigenvalue weighted by molar-refractivity contribution is 0.0901. The lowest BCUT2D eigenvalue weighted by atomic mass is 10.1. The highest BCUT2D eigenvalue weighted by molar-refractivity contribution is 7.98. The van der Waals surface area contributed by atoms with E-state index < -0.39 is 0 Å². The molecule has 0 saturated heterocycles. The molecule has 2 heterocycles. The van der Waals surface area contributed by atoms with Crippen LogP contribution in [0.25, 0.3) is 0 Å². The molecule has 3 rings (SSSR count). The number of hydrogen-bond acceptors (Lipinski definition) is 6. The van der Waals surface area contributed by atoms with Crippen molar-refractivity contribution in [1.82, 2.24) is 20.1 Å². The van der Waals surface area contributed by atoms with Gasteiger partial charge in [-0.15, -0.1) is 10.2 Å². The van der Waals surface area contributed by atoms with Gasteiger partial charge in [0.05, 0.1) is 6.04 Å². The van der Waals surface area contributed by atoms with Crippen molar-refractivity contribution in [2.75, 3.05) is 7.11 Å². The van der Waals surface area contributed by atoms with Crippen LogP contribution in [-0.2, 0) is 24.1 Å². The highest BCUT2D eigenvalue weighted by Crippen LogP contribution is 2.24. The SMILES string of the molecule is COCc1ccc(C(=O)NC(C)c2nnc(SCc3ccccc3C)n2C)o1.